The van der Waals surface area contributed by atoms with Crippen molar-refractivity contribution in [2.45, 2.75) is 20.8 Å². The highest BCUT2D eigenvalue weighted by Crippen LogP contribution is 2.31. The molecule has 8 heteroatoms. The smallest absolute Gasteiger partial charge is 0.368 e. The molecule has 0 spiro atoms. The van der Waals surface area contributed by atoms with Crippen LogP contribution in [-0.4, -0.2) is 5.78 Å². The number of ketones is 1. The number of carbonyl (C=O) groups excluding carboxylic acids is 1. The van der Waals surface area contributed by atoms with Crippen LogP contribution in [-0.2, 0) is 4.42 Å². The first-order chi connectivity index (χ1) is 11.1. The molecular formula is C16H15ClO7. The SMILES string of the molecule is CC1=[O+]C(=C(c2ccc(C)o2)c2ccc(C)o2)C=C1.[O-][Cl+3]([O-])([O-])[O-]. The van der Waals surface area contributed by atoms with E-state index in [4.69, 9.17) is 31.9 Å². The molecule has 0 unspecified atom stereocenters. The molecule has 0 amide bonds. The maximum absolute atomic E-state index is 8.49. The molecule has 24 heavy (non-hydrogen) atoms. The lowest BCUT2D eigenvalue weighted by Gasteiger charge is -2.17. The average Bonchev–Trinajstić information content (AvgIpc) is 3.13. The Bertz CT molecular complexity index is 754. The fraction of sp³-hybridized carbons (Fsp3) is 0.188. The number of hydrogen-bond donors (Lipinski definition) is 0. The van der Waals surface area contributed by atoms with Gasteiger partial charge in [0.25, 0.3) is 0 Å². The van der Waals surface area contributed by atoms with Gasteiger partial charge in [0.2, 0.25) is 0 Å². The first-order valence-corrected chi connectivity index (χ1v) is 8.06. The second-order valence-electron chi connectivity index (χ2n) is 4.98. The molecular weight excluding hydrogens is 340 g/mol. The minimum Gasteiger partial charge on any atom is -0.461 e. The minimum absolute atomic E-state index is 0.751. The molecule has 0 atom stereocenters. The molecule has 2 aromatic heterocycles. The molecule has 128 valence electrons. The summed E-state index contributed by atoms with van der Waals surface area (Å²) in [5.74, 6) is 4.83. The summed E-state index contributed by atoms with van der Waals surface area (Å²) in [5, 5.41) is 0. The molecule has 0 saturated carbocycles. The van der Waals surface area contributed by atoms with Crippen molar-refractivity contribution in [1.82, 2.24) is 0 Å². The van der Waals surface area contributed by atoms with Crippen LogP contribution >= 0.6 is 0 Å². The molecule has 0 bridgehead atoms. The first-order valence-electron chi connectivity index (χ1n) is 6.82. The van der Waals surface area contributed by atoms with E-state index >= 15 is 0 Å². The summed E-state index contributed by atoms with van der Waals surface area (Å²) >= 11 is 0. The standard InChI is InChI=1S/C16H15O3.ClHO4/c1-10-4-7-13(17-10)16(14-8-5-11(2)18-14)15-9-6-12(3)19-15;2-1(3,4)5/h4-9H,1-3H3;(H,2,3,4,5)/q+1;/p-1. The Balaban J connectivity index is 0.000000368. The highest BCUT2D eigenvalue weighted by atomic mass is 35.7. The van der Waals surface area contributed by atoms with E-state index in [1.54, 1.807) is 0 Å². The quantitative estimate of drug-likeness (QED) is 0.648. The molecule has 0 aromatic carbocycles. The fourth-order valence-corrected chi connectivity index (χ4v) is 2.07. The topological polar surface area (TPSA) is 130 Å². The van der Waals surface area contributed by atoms with Gasteiger partial charge in [0.15, 0.2) is 5.57 Å². The summed E-state index contributed by atoms with van der Waals surface area (Å²) in [6.45, 7) is 5.76. The van der Waals surface area contributed by atoms with Gasteiger partial charge in [0.05, 0.1) is 13.0 Å². The van der Waals surface area contributed by atoms with Crippen molar-refractivity contribution in [3.63, 3.8) is 0 Å². The van der Waals surface area contributed by atoms with Crippen LogP contribution in [0.25, 0.3) is 5.57 Å². The van der Waals surface area contributed by atoms with Crippen molar-refractivity contribution >= 4 is 11.4 Å². The third kappa shape index (κ3) is 5.19. The highest BCUT2D eigenvalue weighted by Gasteiger charge is 2.27. The van der Waals surface area contributed by atoms with Crippen molar-refractivity contribution in [2.24, 2.45) is 0 Å². The zero-order valence-corrected chi connectivity index (χ0v) is 14.0. The number of hydrogen-bond acceptors (Lipinski definition) is 6. The van der Waals surface area contributed by atoms with Crippen LogP contribution in [0, 0.1) is 24.1 Å². The number of rotatable bonds is 2. The first kappa shape index (κ1) is 18.2. The minimum atomic E-state index is -4.94. The van der Waals surface area contributed by atoms with E-state index in [2.05, 4.69) is 0 Å². The highest BCUT2D eigenvalue weighted by molar-refractivity contribution is 5.92. The summed E-state index contributed by atoms with van der Waals surface area (Å²) in [7, 11) is -4.94. The number of aryl methyl sites for hydroxylation is 2. The fourth-order valence-electron chi connectivity index (χ4n) is 2.07. The van der Waals surface area contributed by atoms with E-state index in [0.29, 0.717) is 0 Å². The Kier molecular flexibility index (Phi) is 5.43. The van der Waals surface area contributed by atoms with Crippen molar-refractivity contribution in [2.75, 3.05) is 0 Å². The molecule has 0 fully saturated rings. The zero-order valence-electron chi connectivity index (χ0n) is 13.2. The van der Waals surface area contributed by atoms with Crippen molar-refractivity contribution in [1.29, 1.82) is 0 Å². The normalized spacial score (nSPS) is 13.6. The number of allylic oxidation sites excluding steroid dienone is 2. The Morgan fingerprint density at radius 3 is 1.58 bits per heavy atom. The largest absolute Gasteiger partial charge is 0.461 e. The van der Waals surface area contributed by atoms with Crippen LogP contribution in [0.5, 0.6) is 0 Å². The predicted molar refractivity (Wildman–Crippen MR) is 72.7 cm³/mol. The predicted octanol–water partition coefficient (Wildman–Crippen LogP) is -0.813. The van der Waals surface area contributed by atoms with Crippen LogP contribution < -0.4 is 18.6 Å². The van der Waals surface area contributed by atoms with Gasteiger partial charge in [-0.15, -0.1) is 10.2 Å². The summed E-state index contributed by atoms with van der Waals surface area (Å²) in [6, 6.07) is 7.72. The van der Waals surface area contributed by atoms with Gasteiger partial charge in [-0.05, 0) is 38.1 Å². The van der Waals surface area contributed by atoms with Crippen LogP contribution in [0.3, 0.4) is 0 Å². The molecule has 0 N–H and O–H groups in total. The third-order valence-electron chi connectivity index (χ3n) is 2.96. The van der Waals surface area contributed by atoms with E-state index in [9.17, 15) is 0 Å². The second-order valence-corrected chi connectivity index (χ2v) is 5.74. The van der Waals surface area contributed by atoms with Gasteiger partial charge in [0.1, 0.15) is 23.0 Å². The van der Waals surface area contributed by atoms with Crippen LogP contribution in [0.1, 0.15) is 30.0 Å². The van der Waals surface area contributed by atoms with Gasteiger partial charge in [-0.25, -0.2) is 23.1 Å². The Labute approximate surface area is 140 Å². The van der Waals surface area contributed by atoms with Gasteiger partial charge in [-0.2, -0.15) is 0 Å². The van der Waals surface area contributed by atoms with Crippen molar-refractivity contribution < 1.29 is 42.1 Å². The van der Waals surface area contributed by atoms with E-state index in [1.807, 2.05) is 57.2 Å². The molecule has 1 aliphatic heterocycles. The Morgan fingerprint density at radius 1 is 0.833 bits per heavy atom. The summed E-state index contributed by atoms with van der Waals surface area (Å²) in [5.41, 5.74) is 0.842. The van der Waals surface area contributed by atoms with E-state index in [1.165, 1.54) is 0 Å². The zero-order chi connectivity index (χ0) is 17.9. The molecule has 7 nitrogen and oxygen atoms in total. The van der Waals surface area contributed by atoms with Gasteiger partial charge in [-0.3, -0.25) is 0 Å². The van der Waals surface area contributed by atoms with Crippen LogP contribution in [0.4, 0.5) is 0 Å². The molecule has 0 radical (unpaired) electrons. The van der Waals surface area contributed by atoms with Gasteiger partial charge in [0, 0.05) is 6.08 Å². The molecule has 1 aliphatic rings. The Hall–Kier alpha value is -2.16. The van der Waals surface area contributed by atoms with Crippen LogP contribution in [0.2, 0.25) is 0 Å². The maximum Gasteiger partial charge on any atom is 0.368 e. The van der Waals surface area contributed by atoms with Crippen molar-refractivity contribution in [3.8, 4) is 0 Å². The Morgan fingerprint density at radius 2 is 1.29 bits per heavy atom. The maximum atomic E-state index is 8.49. The molecule has 3 rings (SSSR count). The van der Waals surface area contributed by atoms with E-state index < -0.39 is 10.2 Å². The molecule has 2 aromatic rings. The lowest BCUT2D eigenvalue weighted by molar-refractivity contribution is -2.00. The lowest BCUT2D eigenvalue weighted by atomic mass is 10.1. The summed E-state index contributed by atoms with van der Waals surface area (Å²) in [4.78, 5) is 0. The van der Waals surface area contributed by atoms with Gasteiger partial charge in [-0.1, -0.05) is 0 Å². The van der Waals surface area contributed by atoms with Gasteiger partial charge < -0.3 is 8.83 Å². The van der Waals surface area contributed by atoms with Gasteiger partial charge >= 0.3 is 11.5 Å². The molecule has 0 saturated heterocycles. The average molecular weight is 355 g/mol. The second kappa shape index (κ2) is 7.16. The summed E-state index contributed by atoms with van der Waals surface area (Å²) in [6.07, 6.45) is 3.86. The monoisotopic (exact) mass is 354 g/mol. The van der Waals surface area contributed by atoms with E-state index in [-0.39, 0.29) is 0 Å². The molecule has 3 heterocycles. The molecule has 0 aliphatic carbocycles. The van der Waals surface area contributed by atoms with Crippen LogP contribution in [0.15, 0.2) is 51.0 Å². The summed E-state index contributed by atoms with van der Waals surface area (Å²) < 4.78 is 51.1. The third-order valence-corrected chi connectivity index (χ3v) is 2.96. The lowest BCUT2D eigenvalue weighted by Crippen LogP contribution is -2.68. The van der Waals surface area contributed by atoms with Crippen molar-refractivity contribution in [3.05, 3.63) is 65.2 Å². The number of halogens is 1. The number of furan rings is 2. The van der Waals surface area contributed by atoms with E-state index in [0.717, 1.165) is 40.2 Å².